The van der Waals surface area contributed by atoms with Gasteiger partial charge in [-0.2, -0.15) is 0 Å². The Morgan fingerprint density at radius 2 is 2.19 bits per heavy atom. The van der Waals surface area contributed by atoms with E-state index in [9.17, 15) is 8.42 Å². The number of sulfone groups is 1. The van der Waals surface area contributed by atoms with Crippen molar-refractivity contribution in [2.24, 2.45) is 11.8 Å². The van der Waals surface area contributed by atoms with Gasteiger partial charge in [0.1, 0.15) is 5.82 Å². The van der Waals surface area contributed by atoms with Crippen LogP contribution in [-0.2, 0) is 9.84 Å². The standard InChI is InChI=1S/C18H25N5O3S/c1-2-13-8-12(11-27(25,26)7-3-6-24)9-14(13)18-22-21-16-10-20-17-15(23(16)18)4-5-19-17/h4-5,10,12-14,19,24H,2-3,6-9,11H2,1H3/t12-,13+,14-/m0/s1. The number of hydrogen-bond acceptors (Lipinski definition) is 6. The number of aromatic nitrogens is 5. The van der Waals surface area contributed by atoms with Crippen LogP contribution in [0.3, 0.4) is 0 Å². The zero-order valence-corrected chi connectivity index (χ0v) is 16.2. The van der Waals surface area contributed by atoms with Crippen molar-refractivity contribution in [3.8, 4) is 0 Å². The molecule has 0 unspecified atom stereocenters. The van der Waals surface area contributed by atoms with Gasteiger partial charge in [-0.1, -0.05) is 13.3 Å². The number of nitrogens with zero attached hydrogens (tertiary/aromatic N) is 4. The van der Waals surface area contributed by atoms with E-state index in [0.717, 1.165) is 36.3 Å². The maximum Gasteiger partial charge on any atom is 0.179 e. The first-order valence-corrected chi connectivity index (χ1v) is 11.3. The van der Waals surface area contributed by atoms with Crippen LogP contribution in [0, 0.1) is 11.8 Å². The minimum absolute atomic E-state index is 0.0605. The molecule has 3 aromatic rings. The summed E-state index contributed by atoms with van der Waals surface area (Å²) >= 11 is 0. The van der Waals surface area contributed by atoms with Gasteiger partial charge in [0.05, 0.1) is 23.2 Å². The summed E-state index contributed by atoms with van der Waals surface area (Å²) in [6.45, 7) is 2.06. The van der Waals surface area contributed by atoms with Gasteiger partial charge in [0, 0.05) is 18.7 Å². The highest BCUT2D eigenvalue weighted by Crippen LogP contribution is 2.45. The van der Waals surface area contributed by atoms with Gasteiger partial charge in [-0.15, -0.1) is 10.2 Å². The van der Waals surface area contributed by atoms with Crippen LogP contribution in [0.2, 0.25) is 0 Å². The van der Waals surface area contributed by atoms with E-state index in [0.29, 0.717) is 18.0 Å². The number of nitrogens with one attached hydrogen (secondary N) is 1. The van der Waals surface area contributed by atoms with Crippen molar-refractivity contribution < 1.29 is 13.5 Å². The Kier molecular flexibility index (Phi) is 4.90. The fourth-order valence-electron chi connectivity index (χ4n) is 4.51. The third-order valence-electron chi connectivity index (χ3n) is 5.72. The van der Waals surface area contributed by atoms with Crippen molar-refractivity contribution in [3.63, 3.8) is 0 Å². The van der Waals surface area contributed by atoms with Crippen LogP contribution in [0.25, 0.3) is 16.8 Å². The first kappa shape index (κ1) is 18.4. The summed E-state index contributed by atoms with van der Waals surface area (Å²) in [5.74, 6) is 1.85. The number of aliphatic hydroxyl groups excluding tert-OH is 1. The normalized spacial score (nSPS) is 23.6. The Morgan fingerprint density at radius 1 is 1.33 bits per heavy atom. The second-order valence-corrected chi connectivity index (χ2v) is 9.75. The lowest BCUT2D eigenvalue weighted by molar-refractivity contribution is 0.295. The molecule has 0 saturated heterocycles. The molecule has 1 saturated carbocycles. The van der Waals surface area contributed by atoms with E-state index in [1.807, 2.05) is 12.3 Å². The minimum atomic E-state index is -3.14. The summed E-state index contributed by atoms with van der Waals surface area (Å²) < 4.78 is 26.7. The molecule has 9 heteroatoms. The third kappa shape index (κ3) is 3.45. The molecule has 3 heterocycles. The molecular formula is C18H25N5O3S. The summed E-state index contributed by atoms with van der Waals surface area (Å²) in [6.07, 6.45) is 6.53. The molecule has 3 aromatic heterocycles. The largest absolute Gasteiger partial charge is 0.396 e. The predicted octanol–water partition coefficient (Wildman–Crippen LogP) is 1.92. The van der Waals surface area contributed by atoms with Gasteiger partial charge in [-0.25, -0.2) is 13.4 Å². The van der Waals surface area contributed by atoms with Gasteiger partial charge in [-0.05, 0) is 37.2 Å². The minimum Gasteiger partial charge on any atom is -0.396 e. The molecule has 1 aliphatic rings. The summed E-state index contributed by atoms with van der Waals surface area (Å²) in [5.41, 5.74) is 2.45. The fraction of sp³-hybridized carbons (Fsp3) is 0.611. The number of aromatic amines is 1. The SMILES string of the molecule is CC[C@@H]1C[C@H](CS(=O)(=O)CCCO)C[C@@H]1c1nnc2cnc3[nH]ccc3n12. The molecule has 0 radical (unpaired) electrons. The second kappa shape index (κ2) is 7.20. The second-order valence-electron chi connectivity index (χ2n) is 7.53. The molecule has 1 aliphatic carbocycles. The molecule has 0 amide bonds. The zero-order chi connectivity index (χ0) is 19.0. The highest BCUT2D eigenvalue weighted by molar-refractivity contribution is 7.91. The number of hydrogen-bond donors (Lipinski definition) is 2. The number of H-pyrrole nitrogens is 1. The van der Waals surface area contributed by atoms with Gasteiger partial charge >= 0.3 is 0 Å². The molecule has 1 fully saturated rings. The van der Waals surface area contributed by atoms with E-state index < -0.39 is 9.84 Å². The molecule has 2 N–H and O–H groups in total. The molecule has 0 bridgehead atoms. The van der Waals surface area contributed by atoms with Crippen molar-refractivity contribution in [2.75, 3.05) is 18.1 Å². The lowest BCUT2D eigenvalue weighted by Gasteiger charge is -2.16. The summed E-state index contributed by atoms with van der Waals surface area (Å²) in [7, 11) is -3.14. The number of fused-ring (bicyclic) bond motifs is 3. The van der Waals surface area contributed by atoms with Crippen molar-refractivity contribution in [1.82, 2.24) is 24.6 Å². The van der Waals surface area contributed by atoms with Gasteiger partial charge in [0.2, 0.25) is 0 Å². The van der Waals surface area contributed by atoms with Gasteiger partial charge in [-0.3, -0.25) is 4.40 Å². The quantitative estimate of drug-likeness (QED) is 0.636. The monoisotopic (exact) mass is 391 g/mol. The Balaban J connectivity index is 1.64. The van der Waals surface area contributed by atoms with E-state index in [2.05, 4.69) is 31.5 Å². The molecule has 27 heavy (non-hydrogen) atoms. The zero-order valence-electron chi connectivity index (χ0n) is 15.4. The van der Waals surface area contributed by atoms with Gasteiger partial charge in [0.15, 0.2) is 21.1 Å². The number of rotatable bonds is 7. The van der Waals surface area contributed by atoms with Crippen molar-refractivity contribution in [2.45, 2.75) is 38.5 Å². The van der Waals surface area contributed by atoms with E-state index in [1.54, 1.807) is 6.20 Å². The Labute approximate surface area is 157 Å². The average molecular weight is 391 g/mol. The van der Waals surface area contributed by atoms with Crippen LogP contribution >= 0.6 is 0 Å². The molecule has 3 atom stereocenters. The molecular weight excluding hydrogens is 366 g/mol. The van der Waals surface area contributed by atoms with Crippen LogP contribution in [-0.4, -0.2) is 56.2 Å². The van der Waals surface area contributed by atoms with Gasteiger partial charge in [0.25, 0.3) is 0 Å². The van der Waals surface area contributed by atoms with Crippen LogP contribution in [0.4, 0.5) is 0 Å². The molecule has 0 aliphatic heterocycles. The van der Waals surface area contributed by atoms with E-state index in [1.165, 1.54) is 0 Å². The molecule has 0 spiro atoms. The van der Waals surface area contributed by atoms with Crippen LogP contribution < -0.4 is 0 Å². The maximum absolute atomic E-state index is 12.3. The Morgan fingerprint density at radius 3 is 2.96 bits per heavy atom. The summed E-state index contributed by atoms with van der Waals surface area (Å²) in [6, 6.07) is 1.97. The first-order valence-electron chi connectivity index (χ1n) is 9.50. The summed E-state index contributed by atoms with van der Waals surface area (Å²) in [5, 5.41) is 17.7. The van der Waals surface area contributed by atoms with E-state index >= 15 is 0 Å². The van der Waals surface area contributed by atoms with Crippen LogP contribution in [0.1, 0.15) is 44.3 Å². The van der Waals surface area contributed by atoms with E-state index in [4.69, 9.17) is 5.11 Å². The topological polar surface area (TPSA) is 113 Å². The Bertz CT molecular complexity index is 1040. The van der Waals surface area contributed by atoms with Crippen LogP contribution in [0.15, 0.2) is 18.5 Å². The van der Waals surface area contributed by atoms with Gasteiger partial charge < -0.3 is 10.1 Å². The molecule has 146 valence electrons. The molecule has 0 aromatic carbocycles. The highest BCUT2D eigenvalue weighted by atomic mass is 32.2. The smallest absolute Gasteiger partial charge is 0.179 e. The summed E-state index contributed by atoms with van der Waals surface area (Å²) in [4.78, 5) is 7.48. The van der Waals surface area contributed by atoms with E-state index in [-0.39, 0.29) is 29.9 Å². The van der Waals surface area contributed by atoms with Crippen molar-refractivity contribution in [3.05, 3.63) is 24.3 Å². The maximum atomic E-state index is 12.3. The first-order chi connectivity index (χ1) is 13.0. The lowest BCUT2D eigenvalue weighted by atomic mass is 9.93. The lowest BCUT2D eigenvalue weighted by Crippen LogP contribution is -2.18. The van der Waals surface area contributed by atoms with Crippen molar-refractivity contribution in [1.29, 1.82) is 0 Å². The average Bonchev–Trinajstić information content (AvgIpc) is 3.35. The fourth-order valence-corrected chi connectivity index (χ4v) is 6.23. The van der Waals surface area contributed by atoms with Crippen molar-refractivity contribution >= 4 is 26.6 Å². The molecule has 4 rings (SSSR count). The Hall–Kier alpha value is -2.00. The highest BCUT2D eigenvalue weighted by Gasteiger charge is 2.38. The third-order valence-corrected chi connectivity index (χ3v) is 7.61. The molecule has 8 nitrogen and oxygen atoms in total. The number of aliphatic hydroxyl groups is 1. The predicted molar refractivity (Wildman–Crippen MR) is 102 cm³/mol. The van der Waals surface area contributed by atoms with Crippen LogP contribution in [0.5, 0.6) is 0 Å².